The van der Waals surface area contributed by atoms with Crippen LogP contribution in [0, 0.1) is 13.8 Å². The lowest BCUT2D eigenvalue weighted by molar-refractivity contribution is 0.462. The van der Waals surface area contributed by atoms with E-state index < -0.39 is 0 Å². The smallest absolute Gasteiger partial charge is 0.277 e. The summed E-state index contributed by atoms with van der Waals surface area (Å²) in [5.41, 5.74) is 1.29. The first-order chi connectivity index (χ1) is 12.1. The number of nitrogens with one attached hydrogen (secondary N) is 1. The third-order valence-electron chi connectivity index (χ3n) is 3.67. The van der Waals surface area contributed by atoms with Gasteiger partial charge in [0.15, 0.2) is 0 Å². The number of rotatable bonds is 4. The molecule has 3 heterocycles. The maximum Gasteiger partial charge on any atom is 0.277 e. The van der Waals surface area contributed by atoms with E-state index in [1.165, 1.54) is 11.8 Å². The molecule has 25 heavy (non-hydrogen) atoms. The predicted octanol–water partition coefficient (Wildman–Crippen LogP) is 3.48. The summed E-state index contributed by atoms with van der Waals surface area (Å²) in [4.78, 5) is 19.3. The van der Waals surface area contributed by atoms with Crippen LogP contribution in [-0.2, 0) is 5.75 Å². The normalized spacial score (nSPS) is 11.3. The number of hydrogen-bond donors (Lipinski definition) is 1. The monoisotopic (exact) mass is 354 g/mol. The fourth-order valence-electron chi connectivity index (χ4n) is 2.55. The maximum absolute atomic E-state index is 12.1. The Hall–Kier alpha value is -2.87. The molecule has 0 spiro atoms. The second kappa shape index (κ2) is 6.21. The van der Waals surface area contributed by atoms with Crippen molar-refractivity contribution in [2.45, 2.75) is 24.8 Å². The van der Waals surface area contributed by atoms with Crippen LogP contribution in [0.25, 0.3) is 22.4 Å². The van der Waals surface area contributed by atoms with E-state index in [4.69, 9.17) is 8.83 Å². The SMILES string of the molecule is Cc1cc(-c2nnc(SCc3nc4ccccc4c(=O)[nH]3)o2)c(C)o1. The second-order valence-corrected chi connectivity index (χ2v) is 6.45. The van der Waals surface area contributed by atoms with Crippen LogP contribution in [0.3, 0.4) is 0 Å². The van der Waals surface area contributed by atoms with Crippen molar-refractivity contribution in [3.05, 3.63) is 58.0 Å². The van der Waals surface area contributed by atoms with Crippen LogP contribution < -0.4 is 5.56 Å². The number of fused-ring (bicyclic) bond motifs is 1. The average molecular weight is 354 g/mol. The minimum absolute atomic E-state index is 0.156. The summed E-state index contributed by atoms with van der Waals surface area (Å²) in [5, 5.41) is 9.06. The molecule has 1 N–H and O–H groups in total. The highest BCUT2D eigenvalue weighted by Gasteiger charge is 2.15. The van der Waals surface area contributed by atoms with Crippen molar-refractivity contribution < 1.29 is 8.83 Å². The molecule has 0 atom stereocenters. The highest BCUT2D eigenvalue weighted by atomic mass is 32.2. The molecule has 0 saturated heterocycles. The van der Waals surface area contributed by atoms with Crippen molar-refractivity contribution in [1.82, 2.24) is 20.2 Å². The van der Waals surface area contributed by atoms with Crippen LogP contribution in [0.5, 0.6) is 0 Å². The molecule has 0 amide bonds. The molecule has 126 valence electrons. The molecule has 1 aromatic carbocycles. The molecule has 7 nitrogen and oxygen atoms in total. The Balaban J connectivity index is 1.54. The first-order valence-electron chi connectivity index (χ1n) is 7.62. The molecule has 0 aliphatic rings. The lowest BCUT2D eigenvalue weighted by atomic mass is 10.2. The fourth-order valence-corrected chi connectivity index (χ4v) is 3.19. The van der Waals surface area contributed by atoms with Gasteiger partial charge in [-0.3, -0.25) is 4.79 Å². The third kappa shape index (κ3) is 3.08. The molecular formula is C17H14N4O3S. The fraction of sp³-hybridized carbons (Fsp3) is 0.176. The van der Waals surface area contributed by atoms with Crippen LogP contribution in [0.4, 0.5) is 0 Å². The third-order valence-corrected chi connectivity index (χ3v) is 4.50. The number of aryl methyl sites for hydroxylation is 2. The Morgan fingerprint density at radius 2 is 2.00 bits per heavy atom. The van der Waals surface area contributed by atoms with Gasteiger partial charge in [-0.15, -0.1) is 10.2 Å². The van der Waals surface area contributed by atoms with E-state index in [-0.39, 0.29) is 5.56 Å². The number of thioether (sulfide) groups is 1. The van der Waals surface area contributed by atoms with E-state index in [2.05, 4.69) is 20.2 Å². The molecule has 3 aromatic heterocycles. The zero-order chi connectivity index (χ0) is 17.4. The lowest BCUT2D eigenvalue weighted by Gasteiger charge is -2.00. The summed E-state index contributed by atoms with van der Waals surface area (Å²) in [6, 6.07) is 9.09. The molecule has 0 aliphatic heterocycles. The summed E-state index contributed by atoms with van der Waals surface area (Å²) >= 11 is 1.32. The molecule has 4 aromatic rings. The minimum atomic E-state index is -0.156. The van der Waals surface area contributed by atoms with Gasteiger partial charge >= 0.3 is 0 Å². The van der Waals surface area contributed by atoms with Crippen LogP contribution in [0.2, 0.25) is 0 Å². The van der Waals surface area contributed by atoms with Crippen molar-refractivity contribution in [3.8, 4) is 11.5 Å². The van der Waals surface area contributed by atoms with E-state index in [1.807, 2.05) is 38.1 Å². The Kier molecular flexibility index (Phi) is 3.89. The van der Waals surface area contributed by atoms with Crippen molar-refractivity contribution in [2.75, 3.05) is 0 Å². The number of nitrogens with zero attached hydrogens (tertiary/aromatic N) is 3. The van der Waals surface area contributed by atoms with Crippen LogP contribution in [-0.4, -0.2) is 20.2 Å². The van der Waals surface area contributed by atoms with Gasteiger partial charge in [0.2, 0.25) is 0 Å². The van der Waals surface area contributed by atoms with E-state index in [0.717, 1.165) is 17.1 Å². The topological polar surface area (TPSA) is 97.8 Å². The summed E-state index contributed by atoms with van der Waals surface area (Å²) in [5.74, 6) is 2.92. The van der Waals surface area contributed by atoms with Gasteiger partial charge in [0.1, 0.15) is 17.3 Å². The number of aromatic amines is 1. The average Bonchev–Trinajstić information content (AvgIpc) is 3.19. The standard InChI is InChI=1S/C17H14N4O3S/c1-9-7-12(10(2)23-9)16-20-21-17(24-16)25-8-14-18-13-6-4-3-5-11(13)15(22)19-14/h3-7H,8H2,1-2H3,(H,18,19,22). The summed E-state index contributed by atoms with van der Waals surface area (Å²) in [7, 11) is 0. The molecule has 0 radical (unpaired) electrons. The highest BCUT2D eigenvalue weighted by Crippen LogP contribution is 2.28. The number of H-pyrrole nitrogens is 1. The Bertz CT molecular complexity index is 1110. The molecule has 0 saturated carbocycles. The summed E-state index contributed by atoms with van der Waals surface area (Å²) in [6.45, 7) is 3.72. The second-order valence-electron chi connectivity index (χ2n) is 5.52. The molecule has 0 unspecified atom stereocenters. The summed E-state index contributed by atoms with van der Waals surface area (Å²) in [6.07, 6.45) is 0. The number of aromatic nitrogens is 4. The molecule has 0 fully saturated rings. The Labute approximate surface area is 146 Å². The van der Waals surface area contributed by atoms with Gasteiger partial charge in [-0.05, 0) is 32.0 Å². The van der Waals surface area contributed by atoms with E-state index in [9.17, 15) is 4.79 Å². The number of para-hydroxylation sites is 1. The first-order valence-corrected chi connectivity index (χ1v) is 8.60. The predicted molar refractivity (Wildman–Crippen MR) is 93.4 cm³/mol. The van der Waals surface area contributed by atoms with Crippen LogP contribution in [0.1, 0.15) is 17.3 Å². The molecule has 8 heteroatoms. The van der Waals surface area contributed by atoms with Gasteiger partial charge in [0.25, 0.3) is 16.7 Å². The van der Waals surface area contributed by atoms with Gasteiger partial charge in [-0.25, -0.2) is 4.98 Å². The van der Waals surface area contributed by atoms with Crippen LogP contribution in [0.15, 0.2) is 49.2 Å². The van der Waals surface area contributed by atoms with Crippen molar-refractivity contribution in [3.63, 3.8) is 0 Å². The van der Waals surface area contributed by atoms with E-state index in [0.29, 0.717) is 33.6 Å². The molecule has 0 aliphatic carbocycles. The van der Waals surface area contributed by atoms with Gasteiger partial charge < -0.3 is 13.8 Å². The molecule has 0 bridgehead atoms. The zero-order valence-electron chi connectivity index (χ0n) is 13.6. The molecular weight excluding hydrogens is 340 g/mol. The van der Waals surface area contributed by atoms with Gasteiger partial charge in [-0.1, -0.05) is 23.9 Å². The Morgan fingerprint density at radius 1 is 1.16 bits per heavy atom. The van der Waals surface area contributed by atoms with Gasteiger partial charge in [-0.2, -0.15) is 0 Å². The number of hydrogen-bond acceptors (Lipinski definition) is 7. The van der Waals surface area contributed by atoms with Crippen LogP contribution >= 0.6 is 11.8 Å². The quantitative estimate of drug-likeness (QED) is 0.560. The van der Waals surface area contributed by atoms with Crippen molar-refractivity contribution in [2.24, 2.45) is 0 Å². The van der Waals surface area contributed by atoms with Gasteiger partial charge in [0.05, 0.1) is 22.2 Å². The Morgan fingerprint density at radius 3 is 2.80 bits per heavy atom. The lowest BCUT2D eigenvalue weighted by Crippen LogP contribution is -2.11. The highest BCUT2D eigenvalue weighted by molar-refractivity contribution is 7.98. The van der Waals surface area contributed by atoms with Crippen molar-refractivity contribution in [1.29, 1.82) is 0 Å². The maximum atomic E-state index is 12.1. The zero-order valence-corrected chi connectivity index (χ0v) is 14.4. The number of benzene rings is 1. The van der Waals surface area contributed by atoms with E-state index in [1.54, 1.807) is 6.07 Å². The largest absolute Gasteiger partial charge is 0.466 e. The summed E-state index contributed by atoms with van der Waals surface area (Å²) < 4.78 is 11.1. The van der Waals surface area contributed by atoms with Gasteiger partial charge in [0, 0.05) is 0 Å². The van der Waals surface area contributed by atoms with E-state index >= 15 is 0 Å². The van der Waals surface area contributed by atoms with Crippen molar-refractivity contribution >= 4 is 22.7 Å². The number of furan rings is 1. The first kappa shape index (κ1) is 15.6. The molecule has 4 rings (SSSR count). The minimum Gasteiger partial charge on any atom is -0.466 e.